The number of hydrogen-bond donors (Lipinski definition) is 1. The number of aromatic amines is 1. The Hall–Kier alpha value is -7.08. The number of rotatable bonds is 4. The quantitative estimate of drug-likeness (QED) is 0.197. The summed E-state index contributed by atoms with van der Waals surface area (Å²) in [6, 6.07) is 63.1. The number of aromatic nitrogens is 4. The van der Waals surface area contributed by atoms with Crippen LogP contribution in [0.2, 0.25) is 0 Å². The molecule has 0 spiro atoms. The van der Waals surface area contributed by atoms with E-state index in [9.17, 15) is 0 Å². The van der Waals surface area contributed by atoms with Crippen LogP contribution in [0.25, 0.3) is 114 Å². The lowest BCUT2D eigenvalue weighted by atomic mass is 9.95. The highest BCUT2D eigenvalue weighted by molar-refractivity contribution is 7.22. The first-order valence-electron chi connectivity index (χ1n) is 18.6. The molecule has 0 aliphatic carbocycles. The largest absolute Gasteiger partial charge is 0.354 e. The summed E-state index contributed by atoms with van der Waals surface area (Å²) in [5.41, 5.74) is 11.0. The predicted octanol–water partition coefficient (Wildman–Crippen LogP) is 13.7. The van der Waals surface area contributed by atoms with Crippen molar-refractivity contribution in [3.63, 3.8) is 0 Å². The van der Waals surface area contributed by atoms with Gasteiger partial charge in [-0.05, 0) is 74.6 Å². The van der Waals surface area contributed by atoms with Crippen molar-refractivity contribution < 1.29 is 0 Å². The molecule has 0 saturated carbocycles. The van der Waals surface area contributed by atoms with E-state index in [0.717, 1.165) is 43.5 Å². The molecule has 0 radical (unpaired) electrons. The van der Waals surface area contributed by atoms with E-state index < -0.39 is 0 Å². The third-order valence-electron chi connectivity index (χ3n) is 11.1. The lowest BCUT2D eigenvalue weighted by molar-refractivity contribution is 1.02. The predicted molar refractivity (Wildman–Crippen MR) is 232 cm³/mol. The lowest BCUT2D eigenvalue weighted by Crippen LogP contribution is -2.02. The first-order valence-corrected chi connectivity index (χ1v) is 19.4. The van der Waals surface area contributed by atoms with E-state index in [1.807, 2.05) is 0 Å². The molecule has 1 N–H and O–H groups in total. The summed E-state index contributed by atoms with van der Waals surface area (Å²) < 4.78 is 3.36. The Kier molecular flexibility index (Phi) is 6.47. The van der Waals surface area contributed by atoms with Crippen LogP contribution in [0.5, 0.6) is 0 Å². The van der Waals surface area contributed by atoms with Gasteiger partial charge in [0, 0.05) is 43.0 Å². The summed E-state index contributed by atoms with van der Waals surface area (Å²) in [5.74, 6) is 0.664. The molecule has 12 aromatic rings. The van der Waals surface area contributed by atoms with Crippen LogP contribution in [0.3, 0.4) is 0 Å². The van der Waals surface area contributed by atoms with Crippen LogP contribution in [0.1, 0.15) is 0 Å². The van der Waals surface area contributed by atoms with Crippen molar-refractivity contribution in [2.45, 2.75) is 0 Å². The summed E-state index contributed by atoms with van der Waals surface area (Å²) >= 11 is 1.75. The van der Waals surface area contributed by atoms with Crippen molar-refractivity contribution in [1.82, 2.24) is 19.5 Å². The Labute approximate surface area is 319 Å². The highest BCUT2D eigenvalue weighted by Gasteiger charge is 2.22. The minimum atomic E-state index is 0.664. The Morgan fingerprint density at radius 3 is 1.93 bits per heavy atom. The number of benzene rings is 8. The van der Waals surface area contributed by atoms with Crippen molar-refractivity contribution >= 4 is 86.7 Å². The molecule has 0 atom stereocenters. The minimum absolute atomic E-state index is 0.664. The number of H-pyrrole nitrogens is 1. The lowest BCUT2D eigenvalue weighted by Gasteiger charge is -2.10. The average molecular weight is 719 g/mol. The van der Waals surface area contributed by atoms with Gasteiger partial charge in [-0.1, -0.05) is 140 Å². The van der Waals surface area contributed by atoms with E-state index in [2.05, 4.69) is 185 Å². The van der Waals surface area contributed by atoms with Crippen LogP contribution in [0, 0.1) is 0 Å². The molecule has 12 rings (SSSR count). The second-order valence-electron chi connectivity index (χ2n) is 14.2. The van der Waals surface area contributed by atoms with Crippen molar-refractivity contribution in [3.05, 3.63) is 176 Å². The van der Waals surface area contributed by atoms with E-state index in [4.69, 9.17) is 9.97 Å². The van der Waals surface area contributed by atoms with Gasteiger partial charge in [0.25, 0.3) is 0 Å². The van der Waals surface area contributed by atoms with Crippen LogP contribution in [-0.2, 0) is 0 Å². The summed E-state index contributed by atoms with van der Waals surface area (Å²) in [6.07, 6.45) is 0. The number of fused-ring (bicyclic) bond motifs is 11. The number of nitrogens with one attached hydrogen (secondary N) is 1. The fourth-order valence-corrected chi connectivity index (χ4v) is 9.80. The van der Waals surface area contributed by atoms with Gasteiger partial charge in [-0.15, -0.1) is 11.3 Å². The zero-order valence-corrected chi connectivity index (χ0v) is 30.3. The Bertz CT molecular complexity index is 3480. The molecule has 0 bridgehead atoms. The molecule has 55 heavy (non-hydrogen) atoms. The molecule has 0 aliphatic heterocycles. The van der Waals surface area contributed by atoms with E-state index in [1.54, 1.807) is 11.3 Å². The molecule has 0 saturated heterocycles. The van der Waals surface area contributed by atoms with Gasteiger partial charge < -0.3 is 4.98 Å². The zero-order valence-electron chi connectivity index (χ0n) is 29.5. The number of thiophene rings is 1. The van der Waals surface area contributed by atoms with E-state index in [1.165, 1.54) is 64.7 Å². The van der Waals surface area contributed by atoms with Gasteiger partial charge in [0.05, 0.1) is 26.9 Å². The molecular formula is C50H30N4S. The van der Waals surface area contributed by atoms with Gasteiger partial charge >= 0.3 is 0 Å². The maximum Gasteiger partial charge on any atom is 0.235 e. The van der Waals surface area contributed by atoms with Gasteiger partial charge in [0.15, 0.2) is 0 Å². The Morgan fingerprint density at radius 2 is 1.13 bits per heavy atom. The smallest absolute Gasteiger partial charge is 0.235 e. The number of hydrogen-bond acceptors (Lipinski definition) is 3. The van der Waals surface area contributed by atoms with Crippen molar-refractivity contribution in [3.8, 4) is 38.8 Å². The zero-order chi connectivity index (χ0) is 36.0. The third kappa shape index (κ3) is 4.57. The van der Waals surface area contributed by atoms with Crippen molar-refractivity contribution in [2.24, 2.45) is 0 Å². The van der Waals surface area contributed by atoms with Crippen LogP contribution < -0.4 is 0 Å². The molecule has 4 aromatic heterocycles. The molecule has 256 valence electrons. The van der Waals surface area contributed by atoms with Gasteiger partial charge in [-0.2, -0.15) is 0 Å². The molecule has 0 fully saturated rings. The van der Waals surface area contributed by atoms with Crippen molar-refractivity contribution in [1.29, 1.82) is 0 Å². The summed E-state index contributed by atoms with van der Waals surface area (Å²) in [5, 5.41) is 9.79. The normalized spacial score (nSPS) is 12.0. The average Bonchev–Trinajstić information content (AvgIpc) is 3.96. The molecular weight excluding hydrogens is 689 g/mol. The standard InChI is InChI=1S/C50H30N4S/c1-3-14-32(15-4-1)44-29-41-49(55-44)48(33-16-5-2-6-17-33)53-50(52-41)54-42-26-24-34(28-38(42)45-35-18-9-7-13-31(35)23-27-43(45)54)37-20-11-21-39-47(37)46-36-19-10-8-12-30(36)22-25-40(46)51-39/h1-29,51H. The topological polar surface area (TPSA) is 46.5 Å². The third-order valence-corrected chi connectivity index (χ3v) is 12.3. The van der Waals surface area contributed by atoms with Crippen LogP contribution in [-0.4, -0.2) is 19.5 Å². The fraction of sp³-hybridized carbons (Fsp3) is 0. The highest BCUT2D eigenvalue weighted by Crippen LogP contribution is 2.43. The molecule has 0 amide bonds. The SMILES string of the molecule is c1ccc(-c2cc3nc(-n4c5ccc(-c6cccc7[nH]c8ccc9ccccc9c8c67)cc5c5c6ccccc6ccc54)nc(-c4ccccc4)c3s2)cc1. The van der Waals surface area contributed by atoms with Crippen LogP contribution in [0.4, 0.5) is 0 Å². The van der Waals surface area contributed by atoms with E-state index in [0.29, 0.717) is 5.95 Å². The minimum Gasteiger partial charge on any atom is -0.354 e. The second-order valence-corrected chi connectivity index (χ2v) is 15.3. The van der Waals surface area contributed by atoms with Gasteiger partial charge in [0.1, 0.15) is 0 Å². The molecule has 0 aliphatic rings. The van der Waals surface area contributed by atoms with Crippen LogP contribution >= 0.6 is 11.3 Å². The Balaban J connectivity index is 1.16. The molecule has 4 nitrogen and oxygen atoms in total. The maximum absolute atomic E-state index is 5.44. The monoisotopic (exact) mass is 718 g/mol. The fourth-order valence-electron chi connectivity index (χ4n) is 8.68. The summed E-state index contributed by atoms with van der Waals surface area (Å²) in [6.45, 7) is 0. The van der Waals surface area contributed by atoms with Gasteiger partial charge in [-0.25, -0.2) is 9.97 Å². The highest BCUT2D eigenvalue weighted by atomic mass is 32.1. The maximum atomic E-state index is 5.44. The summed E-state index contributed by atoms with van der Waals surface area (Å²) in [7, 11) is 0. The van der Waals surface area contributed by atoms with E-state index in [-0.39, 0.29) is 0 Å². The summed E-state index contributed by atoms with van der Waals surface area (Å²) in [4.78, 5) is 15.7. The van der Waals surface area contributed by atoms with E-state index >= 15 is 0 Å². The van der Waals surface area contributed by atoms with Crippen LogP contribution in [0.15, 0.2) is 176 Å². The molecule has 8 aromatic carbocycles. The molecule has 0 unspecified atom stereocenters. The first-order chi connectivity index (χ1) is 27.3. The Morgan fingerprint density at radius 1 is 0.455 bits per heavy atom. The van der Waals surface area contributed by atoms with Crippen molar-refractivity contribution in [2.75, 3.05) is 0 Å². The number of nitrogens with zero attached hydrogens (tertiary/aromatic N) is 3. The first kappa shape index (κ1) is 30.4. The van der Waals surface area contributed by atoms with Gasteiger partial charge in [0.2, 0.25) is 5.95 Å². The molecule has 5 heteroatoms. The second kappa shape index (κ2) is 11.7. The molecule has 4 heterocycles. The van der Waals surface area contributed by atoms with Gasteiger partial charge in [-0.3, -0.25) is 4.57 Å².